The molecule has 0 atom stereocenters. The van der Waals surface area contributed by atoms with Gasteiger partial charge in [0.15, 0.2) is 11.5 Å². The van der Waals surface area contributed by atoms with Gasteiger partial charge in [0.25, 0.3) is 11.5 Å². The van der Waals surface area contributed by atoms with Crippen LogP contribution < -0.4 is 15.8 Å². The molecule has 3 aliphatic heterocycles. The van der Waals surface area contributed by atoms with E-state index >= 15 is 0 Å². The zero-order chi connectivity index (χ0) is 41.8. The number of carbonyl (C=O) groups is 3. The average molecular weight is 835 g/mol. The van der Waals surface area contributed by atoms with E-state index in [9.17, 15) is 37.5 Å². The SMILES string of the molecule is CN(C)C(=O)N1CCN(c2ccc(-c3nc4n(CC(=O)Nc5ccc(C(F)(F)F)cc5Cl)c5c(c(=O)n4n3)C3(CCN(C(=O)c4ncccc4O)CC3)OC5)cc2)CC1. The van der Waals surface area contributed by atoms with Gasteiger partial charge < -0.3 is 39.3 Å². The van der Waals surface area contributed by atoms with E-state index in [2.05, 4.69) is 20.3 Å². The molecule has 3 aliphatic rings. The van der Waals surface area contributed by atoms with Crippen LogP contribution in [-0.2, 0) is 34.5 Å². The van der Waals surface area contributed by atoms with Crippen molar-refractivity contribution in [2.45, 2.75) is 37.8 Å². The summed E-state index contributed by atoms with van der Waals surface area (Å²) in [5.74, 6) is -1.17. The molecule has 2 fully saturated rings. The van der Waals surface area contributed by atoms with Gasteiger partial charge in [0.2, 0.25) is 11.7 Å². The number of ether oxygens (including phenoxy) is 1. The van der Waals surface area contributed by atoms with Gasteiger partial charge in [0.05, 0.1) is 34.1 Å². The predicted octanol–water partition coefficient (Wildman–Crippen LogP) is 4.43. The number of alkyl halides is 3. The van der Waals surface area contributed by atoms with Crippen LogP contribution in [0.2, 0.25) is 5.02 Å². The summed E-state index contributed by atoms with van der Waals surface area (Å²) in [6.45, 7) is 2.20. The highest BCUT2D eigenvalue weighted by atomic mass is 35.5. The van der Waals surface area contributed by atoms with Gasteiger partial charge in [0, 0.05) is 70.8 Å². The van der Waals surface area contributed by atoms with Crippen molar-refractivity contribution in [3.63, 3.8) is 0 Å². The van der Waals surface area contributed by atoms with Crippen LogP contribution in [0.4, 0.5) is 29.3 Å². The second-order valence-electron chi connectivity index (χ2n) is 14.7. The largest absolute Gasteiger partial charge is 0.505 e. The number of benzene rings is 2. The first-order valence-electron chi connectivity index (χ1n) is 18.7. The van der Waals surface area contributed by atoms with Crippen molar-refractivity contribution in [1.29, 1.82) is 0 Å². The Bertz CT molecular complexity index is 2530. The fourth-order valence-electron chi connectivity index (χ4n) is 7.84. The van der Waals surface area contributed by atoms with Crippen molar-refractivity contribution in [2.75, 3.05) is 63.6 Å². The Morgan fingerprint density at radius 2 is 1.69 bits per heavy atom. The molecule has 2 aromatic carbocycles. The number of urea groups is 1. The monoisotopic (exact) mass is 834 g/mol. The molecule has 3 aromatic heterocycles. The van der Waals surface area contributed by atoms with Crippen molar-refractivity contribution in [3.8, 4) is 17.1 Å². The van der Waals surface area contributed by atoms with Crippen LogP contribution in [0.15, 0.2) is 65.6 Å². The molecular formula is C39H38ClF3N10O6. The molecule has 0 saturated carbocycles. The molecule has 6 heterocycles. The van der Waals surface area contributed by atoms with Gasteiger partial charge in [0.1, 0.15) is 17.9 Å². The van der Waals surface area contributed by atoms with E-state index < -0.39 is 41.3 Å². The number of fused-ring (bicyclic) bond motifs is 3. The minimum atomic E-state index is -4.64. The van der Waals surface area contributed by atoms with Crippen LogP contribution in [-0.4, -0.2) is 115 Å². The number of hydrogen-bond donors (Lipinski definition) is 2. The molecule has 20 heteroatoms. The van der Waals surface area contributed by atoms with Crippen LogP contribution in [0.1, 0.15) is 40.2 Å². The molecule has 2 N–H and O–H groups in total. The second kappa shape index (κ2) is 15.2. The van der Waals surface area contributed by atoms with Crippen LogP contribution in [0.5, 0.6) is 5.75 Å². The van der Waals surface area contributed by atoms with E-state index in [0.29, 0.717) is 37.4 Å². The molecule has 5 aromatic rings. The lowest BCUT2D eigenvalue weighted by atomic mass is 9.85. The number of nitrogens with zero attached hydrogens (tertiary/aromatic N) is 9. The number of rotatable bonds is 6. The lowest BCUT2D eigenvalue weighted by Gasteiger charge is -2.38. The Morgan fingerprint density at radius 1 is 0.983 bits per heavy atom. The molecule has 4 amide bonds. The highest BCUT2D eigenvalue weighted by Crippen LogP contribution is 2.43. The fourth-order valence-corrected chi connectivity index (χ4v) is 8.07. The van der Waals surface area contributed by atoms with Gasteiger partial charge in [-0.1, -0.05) is 11.6 Å². The maximum absolute atomic E-state index is 14.5. The van der Waals surface area contributed by atoms with Gasteiger partial charge in [-0.15, -0.1) is 5.10 Å². The average Bonchev–Trinajstić information content (AvgIpc) is 3.83. The Balaban J connectivity index is 1.11. The minimum Gasteiger partial charge on any atom is -0.505 e. The predicted molar refractivity (Wildman–Crippen MR) is 208 cm³/mol. The van der Waals surface area contributed by atoms with E-state index in [1.54, 1.807) is 23.9 Å². The molecule has 0 bridgehead atoms. The van der Waals surface area contributed by atoms with Crippen molar-refractivity contribution < 1.29 is 37.4 Å². The third-order valence-corrected chi connectivity index (χ3v) is 11.2. The molecular weight excluding hydrogens is 797 g/mol. The lowest BCUT2D eigenvalue weighted by Crippen LogP contribution is -2.51. The summed E-state index contributed by atoms with van der Waals surface area (Å²) in [6, 6.07) is 12.9. The normalized spacial score (nSPS) is 16.4. The maximum Gasteiger partial charge on any atom is 0.416 e. The van der Waals surface area contributed by atoms with Gasteiger partial charge in [-0.3, -0.25) is 14.4 Å². The fraction of sp³-hybridized carbons (Fsp3) is 0.359. The molecule has 1 spiro atoms. The molecule has 0 radical (unpaired) electrons. The number of anilines is 2. The number of halogens is 4. The summed E-state index contributed by atoms with van der Waals surface area (Å²) < 4.78 is 48.9. The minimum absolute atomic E-state index is 0.0297. The second-order valence-corrected chi connectivity index (χ2v) is 15.2. The van der Waals surface area contributed by atoms with E-state index in [0.717, 1.165) is 28.4 Å². The number of amides is 4. The Morgan fingerprint density at radius 3 is 2.34 bits per heavy atom. The van der Waals surface area contributed by atoms with Crippen molar-refractivity contribution in [1.82, 2.24) is 38.8 Å². The first kappa shape index (κ1) is 39.6. The third kappa shape index (κ3) is 7.39. The van der Waals surface area contributed by atoms with Gasteiger partial charge in [-0.25, -0.2) is 9.78 Å². The van der Waals surface area contributed by atoms with Gasteiger partial charge in [-0.05, 0) is 67.4 Å². The van der Waals surface area contributed by atoms with Crippen LogP contribution in [0, 0.1) is 0 Å². The van der Waals surface area contributed by atoms with E-state index in [1.165, 1.54) is 27.8 Å². The number of piperazine rings is 1. The molecule has 59 heavy (non-hydrogen) atoms. The van der Waals surface area contributed by atoms with Crippen molar-refractivity contribution in [3.05, 3.63) is 98.7 Å². The van der Waals surface area contributed by atoms with Crippen molar-refractivity contribution >= 4 is 46.6 Å². The molecule has 0 aliphatic carbocycles. The number of carbonyl (C=O) groups excluding carboxylic acids is 3. The Kier molecular flexibility index (Phi) is 10.2. The standard InChI is InChI=1S/C39H38ClF3N10O6/c1-48(2)37(58)51-18-16-49(17-19-51)25-8-5-23(6-9-25)33-46-36-52(21-30(55)45-27-10-7-24(20-26(27)40)39(41,42)43)28-22-59-38(31(28)34(56)53(36)47-33)11-14-50(15-12-38)35(57)32-29(54)4-3-13-44-32/h3-10,13,20,54H,11-12,14-19,21-22H2,1-2H3,(H,45,55). The van der Waals surface area contributed by atoms with Crippen molar-refractivity contribution in [2.24, 2.45) is 0 Å². The Labute approximate surface area is 339 Å². The quantitative estimate of drug-likeness (QED) is 0.250. The Hall–Kier alpha value is -6.21. The number of likely N-dealkylation sites (tertiary alicyclic amines) is 1. The first-order chi connectivity index (χ1) is 28.1. The zero-order valence-corrected chi connectivity index (χ0v) is 32.6. The first-order valence-corrected chi connectivity index (χ1v) is 19.1. The molecule has 0 unspecified atom stereocenters. The summed E-state index contributed by atoms with van der Waals surface area (Å²) in [6.07, 6.45) is -2.83. The highest BCUT2D eigenvalue weighted by Gasteiger charge is 2.48. The molecule has 308 valence electrons. The van der Waals surface area contributed by atoms with E-state index in [-0.39, 0.29) is 77.9 Å². The third-order valence-electron chi connectivity index (χ3n) is 10.9. The van der Waals surface area contributed by atoms with Gasteiger partial charge >= 0.3 is 12.2 Å². The van der Waals surface area contributed by atoms with E-state index in [1.807, 2.05) is 24.3 Å². The maximum atomic E-state index is 14.5. The number of hydrogen-bond acceptors (Lipinski definition) is 10. The molecule has 16 nitrogen and oxygen atoms in total. The molecule has 2 saturated heterocycles. The zero-order valence-electron chi connectivity index (χ0n) is 31.9. The number of aromatic nitrogens is 5. The molecule has 8 rings (SSSR count). The number of nitrogens with one attached hydrogen (secondary N) is 1. The summed E-state index contributed by atoms with van der Waals surface area (Å²) in [7, 11) is 3.44. The van der Waals surface area contributed by atoms with E-state index in [4.69, 9.17) is 21.3 Å². The van der Waals surface area contributed by atoms with Crippen LogP contribution >= 0.6 is 11.6 Å². The highest BCUT2D eigenvalue weighted by molar-refractivity contribution is 6.33. The van der Waals surface area contributed by atoms with Crippen LogP contribution in [0.25, 0.3) is 17.2 Å². The summed E-state index contributed by atoms with van der Waals surface area (Å²) in [5.41, 5.74) is -0.676. The summed E-state index contributed by atoms with van der Waals surface area (Å²) in [4.78, 5) is 69.6. The topological polar surface area (TPSA) is 171 Å². The van der Waals surface area contributed by atoms with Gasteiger partial charge in [-0.2, -0.15) is 22.7 Å². The number of pyridine rings is 1. The number of aromatic hydroxyl groups is 1. The summed E-state index contributed by atoms with van der Waals surface area (Å²) >= 11 is 6.16. The van der Waals surface area contributed by atoms with Crippen LogP contribution in [0.3, 0.4) is 0 Å². The number of piperidine rings is 1. The smallest absolute Gasteiger partial charge is 0.416 e. The summed E-state index contributed by atoms with van der Waals surface area (Å²) in [5, 5.41) is 17.1. The lowest BCUT2D eigenvalue weighted by molar-refractivity contribution is -0.137.